The number of nitrogens with zero attached hydrogens (tertiary/aromatic N) is 3. The molecule has 0 aliphatic rings. The van der Waals surface area contributed by atoms with Gasteiger partial charge in [0.15, 0.2) is 0 Å². The molecular formula is C41H25N3O. The molecule has 0 spiro atoms. The first-order valence-corrected chi connectivity index (χ1v) is 15.2. The molecule has 4 nitrogen and oxygen atoms in total. The number of pyridine rings is 1. The quantitative estimate of drug-likeness (QED) is 0.210. The Morgan fingerprint density at radius 3 is 1.76 bits per heavy atom. The summed E-state index contributed by atoms with van der Waals surface area (Å²) in [7, 11) is 0. The average Bonchev–Trinajstić information content (AvgIpc) is 3.76. The number of hydrogen-bond donors (Lipinski definition) is 0. The van der Waals surface area contributed by atoms with Gasteiger partial charge in [-0.2, -0.15) is 0 Å². The van der Waals surface area contributed by atoms with Gasteiger partial charge >= 0.3 is 0 Å². The molecule has 4 aromatic heterocycles. The zero-order valence-corrected chi connectivity index (χ0v) is 24.2. The number of aromatic nitrogens is 3. The Labute approximate surface area is 258 Å². The maximum Gasteiger partial charge on any atom is 0.136 e. The summed E-state index contributed by atoms with van der Waals surface area (Å²) >= 11 is 0. The second-order valence-electron chi connectivity index (χ2n) is 11.6. The SMILES string of the molecule is c1cc(-c2cccc(-n3c4cnccc4c4c5c(ccc43)oc3ccccc35)c2)cc(-n2c3ccccc3c3ccccc32)c1. The van der Waals surface area contributed by atoms with E-state index in [9.17, 15) is 0 Å². The lowest BCUT2D eigenvalue weighted by molar-refractivity contribution is 0.669. The van der Waals surface area contributed by atoms with E-state index in [4.69, 9.17) is 4.42 Å². The third-order valence-corrected chi connectivity index (χ3v) is 9.19. The topological polar surface area (TPSA) is 35.9 Å². The first-order valence-electron chi connectivity index (χ1n) is 15.2. The molecule has 0 unspecified atom stereocenters. The van der Waals surface area contributed by atoms with Crippen LogP contribution >= 0.6 is 0 Å². The zero-order valence-electron chi connectivity index (χ0n) is 24.2. The van der Waals surface area contributed by atoms with Crippen LogP contribution in [0.3, 0.4) is 0 Å². The minimum Gasteiger partial charge on any atom is -0.456 e. The summed E-state index contributed by atoms with van der Waals surface area (Å²) in [5, 5.41) is 7.15. The van der Waals surface area contributed by atoms with E-state index < -0.39 is 0 Å². The van der Waals surface area contributed by atoms with Crippen LogP contribution in [-0.2, 0) is 0 Å². The number of fused-ring (bicyclic) bond motifs is 10. The first kappa shape index (κ1) is 24.3. The second kappa shape index (κ2) is 9.18. The fourth-order valence-electron chi connectivity index (χ4n) is 7.30. The summed E-state index contributed by atoms with van der Waals surface area (Å²) < 4.78 is 11.0. The van der Waals surface area contributed by atoms with Gasteiger partial charge in [-0.15, -0.1) is 0 Å². The van der Waals surface area contributed by atoms with Gasteiger partial charge in [-0.3, -0.25) is 4.98 Å². The Morgan fingerprint density at radius 2 is 1.04 bits per heavy atom. The maximum absolute atomic E-state index is 6.27. The van der Waals surface area contributed by atoms with Crippen molar-refractivity contribution in [1.29, 1.82) is 0 Å². The fourth-order valence-corrected chi connectivity index (χ4v) is 7.30. The van der Waals surface area contributed by atoms with E-state index in [-0.39, 0.29) is 0 Å². The highest BCUT2D eigenvalue weighted by Crippen LogP contribution is 2.41. The molecule has 6 aromatic carbocycles. The molecule has 0 aliphatic carbocycles. The molecule has 0 N–H and O–H groups in total. The first-order chi connectivity index (χ1) is 22.3. The summed E-state index contributed by atoms with van der Waals surface area (Å²) in [5.41, 5.74) is 11.0. The van der Waals surface area contributed by atoms with Gasteiger partial charge in [0, 0.05) is 49.9 Å². The van der Waals surface area contributed by atoms with Crippen molar-refractivity contribution >= 4 is 65.6 Å². The van der Waals surface area contributed by atoms with Crippen molar-refractivity contribution < 1.29 is 4.42 Å². The minimum atomic E-state index is 0.898. The summed E-state index contributed by atoms with van der Waals surface area (Å²) in [5.74, 6) is 0. The third-order valence-electron chi connectivity index (χ3n) is 9.19. The average molecular weight is 576 g/mol. The highest BCUT2D eigenvalue weighted by atomic mass is 16.3. The molecule has 10 rings (SSSR count). The Balaban J connectivity index is 1.18. The van der Waals surface area contributed by atoms with Gasteiger partial charge in [-0.05, 0) is 71.8 Å². The van der Waals surface area contributed by atoms with E-state index in [0.29, 0.717) is 0 Å². The molecule has 0 saturated carbocycles. The summed E-state index contributed by atoms with van der Waals surface area (Å²) in [6.45, 7) is 0. The van der Waals surface area contributed by atoms with E-state index in [0.717, 1.165) is 55.3 Å². The van der Waals surface area contributed by atoms with Crippen LogP contribution in [0.1, 0.15) is 0 Å². The monoisotopic (exact) mass is 575 g/mol. The van der Waals surface area contributed by atoms with Crippen molar-refractivity contribution in [3.63, 3.8) is 0 Å². The Morgan fingerprint density at radius 1 is 0.422 bits per heavy atom. The molecule has 0 aliphatic heterocycles. The number of hydrogen-bond acceptors (Lipinski definition) is 2. The molecule has 45 heavy (non-hydrogen) atoms. The van der Waals surface area contributed by atoms with Crippen LogP contribution in [0.2, 0.25) is 0 Å². The highest BCUT2D eigenvalue weighted by molar-refractivity contribution is 6.27. The number of para-hydroxylation sites is 3. The smallest absolute Gasteiger partial charge is 0.136 e. The minimum absolute atomic E-state index is 0.898. The second-order valence-corrected chi connectivity index (χ2v) is 11.6. The Bertz CT molecular complexity index is 2720. The molecule has 0 radical (unpaired) electrons. The molecule has 4 heterocycles. The van der Waals surface area contributed by atoms with Crippen molar-refractivity contribution in [2.45, 2.75) is 0 Å². The third kappa shape index (κ3) is 3.45. The van der Waals surface area contributed by atoms with Crippen molar-refractivity contribution in [2.24, 2.45) is 0 Å². The molecule has 10 aromatic rings. The summed E-state index contributed by atoms with van der Waals surface area (Å²) in [4.78, 5) is 4.55. The largest absolute Gasteiger partial charge is 0.456 e. The van der Waals surface area contributed by atoms with Gasteiger partial charge in [0.25, 0.3) is 0 Å². The van der Waals surface area contributed by atoms with Gasteiger partial charge in [-0.1, -0.05) is 78.9 Å². The Hall–Kier alpha value is -6.13. The van der Waals surface area contributed by atoms with E-state index in [1.54, 1.807) is 0 Å². The molecule has 0 fully saturated rings. The van der Waals surface area contributed by atoms with E-state index in [1.165, 1.54) is 32.8 Å². The van der Waals surface area contributed by atoms with Gasteiger partial charge in [-0.25, -0.2) is 0 Å². The molecule has 210 valence electrons. The fraction of sp³-hybridized carbons (Fsp3) is 0. The van der Waals surface area contributed by atoms with Gasteiger partial charge in [0.05, 0.1) is 28.3 Å². The van der Waals surface area contributed by atoms with Crippen molar-refractivity contribution in [1.82, 2.24) is 14.1 Å². The van der Waals surface area contributed by atoms with E-state index >= 15 is 0 Å². The van der Waals surface area contributed by atoms with Gasteiger partial charge in [0.1, 0.15) is 11.2 Å². The van der Waals surface area contributed by atoms with Crippen LogP contribution < -0.4 is 0 Å². The normalized spacial score (nSPS) is 12.0. The van der Waals surface area contributed by atoms with E-state index in [2.05, 4.69) is 142 Å². The maximum atomic E-state index is 6.27. The lowest BCUT2D eigenvalue weighted by atomic mass is 10.0. The molecular weight excluding hydrogens is 550 g/mol. The molecule has 4 heteroatoms. The summed E-state index contributed by atoms with van der Waals surface area (Å²) in [6.07, 6.45) is 3.85. The van der Waals surface area contributed by atoms with E-state index in [1.807, 2.05) is 24.5 Å². The summed E-state index contributed by atoms with van der Waals surface area (Å²) in [6, 6.07) is 49.7. The standard InChI is InChI=1S/C41H25N3O/c1-4-16-34-30(13-1)31-14-2-5-17-35(31)43(34)28-11-7-9-26(23-28)27-10-8-12-29(24-27)44-36-19-20-39-41(33-15-3-6-18-38(33)45-39)40(36)32-21-22-42-25-37(32)44/h1-25H. The number of rotatable bonds is 3. The van der Waals surface area contributed by atoms with Crippen molar-refractivity contribution in [3.05, 3.63) is 152 Å². The van der Waals surface area contributed by atoms with Crippen LogP contribution in [-0.4, -0.2) is 14.1 Å². The highest BCUT2D eigenvalue weighted by Gasteiger charge is 2.19. The Kier molecular flexibility index (Phi) is 4.96. The number of benzene rings is 6. The zero-order chi connectivity index (χ0) is 29.5. The van der Waals surface area contributed by atoms with Gasteiger partial charge < -0.3 is 13.6 Å². The van der Waals surface area contributed by atoms with Crippen molar-refractivity contribution in [2.75, 3.05) is 0 Å². The van der Waals surface area contributed by atoms with Crippen molar-refractivity contribution in [3.8, 4) is 22.5 Å². The molecule has 0 saturated heterocycles. The van der Waals surface area contributed by atoms with Crippen LogP contribution in [0, 0.1) is 0 Å². The van der Waals surface area contributed by atoms with Crippen LogP contribution in [0.4, 0.5) is 0 Å². The molecule has 0 bridgehead atoms. The lowest BCUT2D eigenvalue weighted by Gasteiger charge is -2.12. The molecule has 0 atom stereocenters. The van der Waals surface area contributed by atoms with Crippen LogP contribution in [0.15, 0.2) is 156 Å². The molecule has 0 amide bonds. The van der Waals surface area contributed by atoms with Crippen LogP contribution in [0.5, 0.6) is 0 Å². The lowest BCUT2D eigenvalue weighted by Crippen LogP contribution is -1.96. The van der Waals surface area contributed by atoms with Gasteiger partial charge in [0.2, 0.25) is 0 Å². The number of furan rings is 1. The van der Waals surface area contributed by atoms with Crippen LogP contribution in [0.25, 0.3) is 88.1 Å². The predicted molar refractivity (Wildman–Crippen MR) is 186 cm³/mol. The predicted octanol–water partition coefficient (Wildman–Crippen LogP) is 10.8.